The maximum atomic E-state index is 4.00. The summed E-state index contributed by atoms with van der Waals surface area (Å²) in [6.45, 7) is 4.27. The van der Waals surface area contributed by atoms with Gasteiger partial charge in [0.15, 0.2) is 0 Å². The first-order valence-electron chi connectivity index (χ1n) is 9.54. The molecule has 0 aromatic heterocycles. The van der Waals surface area contributed by atoms with Crippen LogP contribution < -0.4 is 4.72 Å². The van der Waals surface area contributed by atoms with Crippen molar-refractivity contribution in [3.8, 4) is 12.8 Å². The smallest absolute Gasteiger partial charge is 0.0475 e. The number of hydrogen-bond acceptors (Lipinski definition) is 2. The first-order valence-corrected chi connectivity index (χ1v) is 10.8. The quantitative estimate of drug-likeness (QED) is 0.335. The van der Waals surface area contributed by atoms with Crippen LogP contribution in [0.3, 0.4) is 0 Å². The van der Waals surface area contributed by atoms with E-state index in [1.165, 1.54) is 39.1 Å². The Morgan fingerprint density at radius 3 is 2.57 bits per heavy atom. The molecule has 0 radical (unpaired) electrons. The lowest BCUT2D eigenvalue weighted by molar-refractivity contribution is 0.936. The molecule has 3 rings (SSSR count). The lowest BCUT2D eigenvalue weighted by Gasteiger charge is -2.13. The minimum atomic E-state index is 1.01. The molecular weight excluding hydrogens is 358 g/mol. The summed E-state index contributed by atoms with van der Waals surface area (Å²) in [6, 6.07) is 15.4. The Morgan fingerprint density at radius 1 is 1.04 bits per heavy atom. The molecule has 0 aliphatic heterocycles. The fraction of sp³-hybridized carbons (Fsp3) is 0.231. The van der Waals surface area contributed by atoms with Crippen LogP contribution in [-0.4, -0.2) is 6.26 Å². The van der Waals surface area contributed by atoms with Crippen LogP contribution in [0, 0.1) is 19.8 Å². The maximum Gasteiger partial charge on any atom is 0.0475 e. The summed E-state index contributed by atoms with van der Waals surface area (Å²) < 4.78 is 3.39. The Labute approximate surface area is 174 Å². The monoisotopic (exact) mass is 387 g/mol. The van der Waals surface area contributed by atoms with Gasteiger partial charge >= 0.3 is 0 Å². The molecule has 0 amide bonds. The van der Waals surface area contributed by atoms with E-state index in [1.807, 2.05) is 0 Å². The molecule has 0 unspecified atom stereocenters. The van der Waals surface area contributed by atoms with E-state index in [1.54, 1.807) is 11.9 Å². The summed E-state index contributed by atoms with van der Waals surface area (Å²) in [5, 5.41) is 0. The molecule has 1 aliphatic rings. The molecule has 0 atom stereocenters. The highest BCUT2D eigenvalue weighted by Gasteiger charge is 2.15. The van der Waals surface area contributed by atoms with Crippen LogP contribution in [0.1, 0.15) is 42.0 Å². The van der Waals surface area contributed by atoms with Gasteiger partial charge in [0.25, 0.3) is 0 Å². The number of aryl methyl sites for hydroxylation is 1. The van der Waals surface area contributed by atoms with Gasteiger partial charge in [0, 0.05) is 11.9 Å². The number of hydrogen-bond donors (Lipinski definition) is 1. The fourth-order valence-electron chi connectivity index (χ4n) is 3.50. The summed E-state index contributed by atoms with van der Waals surface area (Å²) >= 11 is 1.64. The van der Waals surface area contributed by atoms with E-state index in [9.17, 15) is 0 Å². The molecule has 2 aromatic rings. The zero-order valence-corrected chi connectivity index (χ0v) is 17.9. The van der Waals surface area contributed by atoms with E-state index in [-0.39, 0.29) is 0 Å². The van der Waals surface area contributed by atoms with Gasteiger partial charge < -0.3 is 4.72 Å². The Morgan fingerprint density at radius 2 is 1.82 bits per heavy atom. The third-order valence-electron chi connectivity index (χ3n) is 4.94. The molecule has 0 saturated heterocycles. The van der Waals surface area contributed by atoms with Gasteiger partial charge in [-0.05, 0) is 67.0 Å². The highest BCUT2D eigenvalue weighted by molar-refractivity contribution is 7.99. The lowest BCUT2D eigenvalue weighted by atomic mass is 9.94. The number of allylic oxidation sites excluding steroid dienone is 5. The third-order valence-corrected chi connectivity index (χ3v) is 5.36. The summed E-state index contributed by atoms with van der Waals surface area (Å²) in [4.78, 5) is 0. The first kappa shape index (κ1) is 21.7. The van der Waals surface area contributed by atoms with Crippen LogP contribution in [-0.2, 0) is 6.42 Å². The number of terminal acetylenes is 1. The van der Waals surface area contributed by atoms with Gasteiger partial charge in [-0.3, -0.25) is 0 Å². The van der Waals surface area contributed by atoms with Crippen LogP contribution in [0.5, 0.6) is 0 Å². The van der Waals surface area contributed by atoms with Gasteiger partial charge in [-0.15, -0.1) is 12.8 Å². The van der Waals surface area contributed by atoms with Gasteiger partial charge in [-0.2, -0.15) is 0 Å². The second kappa shape index (κ2) is 11.3. The van der Waals surface area contributed by atoms with Gasteiger partial charge in [-0.1, -0.05) is 78.2 Å². The molecule has 1 N–H and O–H groups in total. The molecule has 0 saturated carbocycles. The van der Waals surface area contributed by atoms with E-state index in [4.69, 9.17) is 0 Å². The molecule has 2 aromatic carbocycles. The molecular formula is C26H29NS. The van der Waals surface area contributed by atoms with Crippen molar-refractivity contribution in [2.75, 3.05) is 11.0 Å². The first-order chi connectivity index (χ1) is 13.7. The molecule has 144 valence electrons. The van der Waals surface area contributed by atoms with Crippen LogP contribution in [0.15, 0.2) is 66.3 Å². The number of nitrogens with one attached hydrogen (secondary N) is 1. The van der Waals surface area contributed by atoms with Crippen LogP contribution in [0.4, 0.5) is 5.69 Å². The van der Waals surface area contributed by atoms with Crippen molar-refractivity contribution < 1.29 is 0 Å². The van der Waals surface area contributed by atoms with Crippen LogP contribution in [0.2, 0.25) is 0 Å². The molecule has 1 aliphatic carbocycles. The predicted molar refractivity (Wildman–Crippen MR) is 128 cm³/mol. The molecule has 0 fully saturated rings. The zero-order chi connectivity index (χ0) is 20.4. The van der Waals surface area contributed by atoms with E-state index in [0.717, 1.165) is 19.3 Å². The summed E-state index contributed by atoms with van der Waals surface area (Å²) in [5.74, 6) is 0. The SMILES string of the molecule is C#C.C/C=C\C=C1\CCc2ccccc2/C(=C/c2cccc(NSC)c2C)C1. The molecule has 0 spiro atoms. The average Bonchev–Trinajstić information content (AvgIpc) is 2.91. The van der Waals surface area contributed by atoms with E-state index >= 15 is 0 Å². The number of anilines is 1. The number of fused-ring (bicyclic) bond motifs is 1. The summed E-state index contributed by atoms with van der Waals surface area (Å²) in [7, 11) is 0. The minimum Gasteiger partial charge on any atom is -0.330 e. The molecule has 2 heteroatoms. The summed E-state index contributed by atoms with van der Waals surface area (Å²) in [5.41, 5.74) is 9.56. The van der Waals surface area contributed by atoms with Crippen LogP contribution in [0.25, 0.3) is 11.6 Å². The largest absolute Gasteiger partial charge is 0.330 e. The Kier molecular flexibility index (Phi) is 8.72. The average molecular weight is 388 g/mol. The van der Waals surface area contributed by atoms with Gasteiger partial charge in [0.1, 0.15) is 0 Å². The highest BCUT2D eigenvalue weighted by atomic mass is 32.2. The zero-order valence-electron chi connectivity index (χ0n) is 17.0. The minimum absolute atomic E-state index is 1.01. The Balaban J connectivity index is 0.00000136. The second-order valence-electron chi connectivity index (χ2n) is 6.68. The Bertz CT molecular complexity index is 900. The van der Waals surface area contributed by atoms with Gasteiger partial charge in [0.05, 0.1) is 0 Å². The normalized spacial score (nSPS) is 16.3. The van der Waals surface area contributed by atoms with E-state index in [0.29, 0.717) is 0 Å². The van der Waals surface area contributed by atoms with Gasteiger partial charge in [-0.25, -0.2) is 0 Å². The summed E-state index contributed by atoms with van der Waals surface area (Å²) in [6.07, 6.45) is 22.3. The van der Waals surface area contributed by atoms with Crippen molar-refractivity contribution in [1.82, 2.24) is 0 Å². The second-order valence-corrected chi connectivity index (χ2v) is 7.29. The van der Waals surface area contributed by atoms with E-state index < -0.39 is 0 Å². The topological polar surface area (TPSA) is 12.0 Å². The molecule has 1 nitrogen and oxygen atoms in total. The molecule has 0 bridgehead atoms. The fourth-order valence-corrected chi connectivity index (χ4v) is 3.94. The molecule has 28 heavy (non-hydrogen) atoms. The van der Waals surface area contributed by atoms with E-state index in [2.05, 4.69) is 104 Å². The van der Waals surface area contributed by atoms with Crippen molar-refractivity contribution in [1.29, 1.82) is 0 Å². The predicted octanol–water partition coefficient (Wildman–Crippen LogP) is 7.31. The molecule has 0 heterocycles. The lowest BCUT2D eigenvalue weighted by Crippen LogP contribution is -1.93. The van der Waals surface area contributed by atoms with Crippen molar-refractivity contribution >= 4 is 29.3 Å². The third kappa shape index (κ3) is 5.44. The van der Waals surface area contributed by atoms with Crippen molar-refractivity contribution in [2.24, 2.45) is 0 Å². The van der Waals surface area contributed by atoms with Gasteiger partial charge in [0.2, 0.25) is 0 Å². The maximum absolute atomic E-state index is 4.00. The number of benzene rings is 2. The van der Waals surface area contributed by atoms with Crippen molar-refractivity contribution in [3.63, 3.8) is 0 Å². The van der Waals surface area contributed by atoms with Crippen LogP contribution >= 0.6 is 11.9 Å². The van der Waals surface area contributed by atoms with Crippen molar-refractivity contribution in [2.45, 2.75) is 33.1 Å². The standard InChI is InChI=1S/C24H27NS.C2H2/c1-4-5-9-19-14-15-20-10-6-7-12-23(20)22(16-19)17-21-11-8-13-24(18(21)2)25-26-3;1-2/h4-13,17,25H,14-16H2,1-3H3;1-2H/b5-4-,19-9-,22-17+;. The number of rotatable bonds is 4. The highest BCUT2D eigenvalue weighted by Crippen LogP contribution is 2.35. The van der Waals surface area contributed by atoms with Crippen molar-refractivity contribution in [3.05, 3.63) is 88.5 Å². The Hall–Kier alpha value is -2.63.